The van der Waals surface area contributed by atoms with Crippen molar-refractivity contribution in [3.8, 4) is 17.0 Å². The van der Waals surface area contributed by atoms with Gasteiger partial charge in [0.2, 0.25) is 5.91 Å². The molecular formula is C20H18N6O3. The Kier molecular flexibility index (Phi) is 4.78. The first-order chi connectivity index (χ1) is 14.0. The lowest BCUT2D eigenvalue weighted by molar-refractivity contribution is -0.117. The maximum atomic E-state index is 12.7. The zero-order chi connectivity index (χ0) is 20.4. The minimum absolute atomic E-state index is 0.220. The first kappa shape index (κ1) is 18.4. The Morgan fingerprint density at radius 3 is 2.72 bits per heavy atom. The first-order valence-electron chi connectivity index (χ1n) is 8.86. The Balaban J connectivity index is 1.62. The number of aromatic nitrogens is 5. The van der Waals surface area contributed by atoms with Crippen LogP contribution in [0.4, 0.5) is 5.69 Å². The van der Waals surface area contributed by atoms with E-state index in [0.717, 1.165) is 10.2 Å². The molecule has 0 fully saturated rings. The van der Waals surface area contributed by atoms with Crippen molar-refractivity contribution in [2.24, 2.45) is 0 Å². The number of ether oxygens (including phenoxy) is 1. The Morgan fingerprint density at radius 2 is 1.97 bits per heavy atom. The molecule has 29 heavy (non-hydrogen) atoms. The number of anilines is 1. The summed E-state index contributed by atoms with van der Waals surface area (Å²) in [5.74, 6) is 0.737. The van der Waals surface area contributed by atoms with Crippen molar-refractivity contribution < 1.29 is 9.53 Å². The lowest BCUT2D eigenvalue weighted by Gasteiger charge is -2.06. The average molecular weight is 390 g/mol. The number of amides is 1. The quantitative estimate of drug-likeness (QED) is 0.558. The fourth-order valence-corrected chi connectivity index (χ4v) is 3.01. The summed E-state index contributed by atoms with van der Waals surface area (Å²) in [5, 5.41) is 7.04. The van der Waals surface area contributed by atoms with E-state index >= 15 is 0 Å². The van der Waals surface area contributed by atoms with Crippen LogP contribution in [-0.4, -0.2) is 37.2 Å². The van der Waals surface area contributed by atoms with Crippen LogP contribution in [0, 0.1) is 6.92 Å². The van der Waals surface area contributed by atoms with Crippen molar-refractivity contribution in [2.75, 3.05) is 12.4 Å². The molecule has 4 aromatic rings. The third-order valence-electron chi connectivity index (χ3n) is 4.36. The van der Waals surface area contributed by atoms with Gasteiger partial charge in [0.15, 0.2) is 5.65 Å². The molecule has 4 rings (SSSR count). The Hall–Kier alpha value is -4.01. The lowest BCUT2D eigenvalue weighted by Crippen LogP contribution is -2.28. The van der Waals surface area contributed by atoms with E-state index in [4.69, 9.17) is 4.74 Å². The summed E-state index contributed by atoms with van der Waals surface area (Å²) >= 11 is 0. The van der Waals surface area contributed by atoms with E-state index in [0.29, 0.717) is 28.6 Å². The van der Waals surface area contributed by atoms with Crippen LogP contribution in [0.3, 0.4) is 0 Å². The second kappa shape index (κ2) is 7.55. The molecule has 1 N–H and O–H groups in total. The molecule has 1 aromatic carbocycles. The average Bonchev–Trinajstić information content (AvgIpc) is 3.04. The van der Waals surface area contributed by atoms with E-state index in [1.165, 1.54) is 4.40 Å². The number of carbonyl (C=O) groups is 1. The third kappa shape index (κ3) is 3.70. The Labute approximate surface area is 165 Å². The highest BCUT2D eigenvalue weighted by atomic mass is 16.5. The number of carbonyl (C=O) groups excluding carboxylic acids is 1. The van der Waals surface area contributed by atoms with Gasteiger partial charge >= 0.3 is 5.69 Å². The summed E-state index contributed by atoms with van der Waals surface area (Å²) in [4.78, 5) is 33.6. The fourth-order valence-electron chi connectivity index (χ4n) is 3.01. The van der Waals surface area contributed by atoms with E-state index in [9.17, 15) is 9.59 Å². The fraction of sp³-hybridized carbons (Fsp3) is 0.150. The molecule has 1 amide bonds. The van der Waals surface area contributed by atoms with Crippen LogP contribution in [0.5, 0.6) is 5.75 Å². The van der Waals surface area contributed by atoms with Gasteiger partial charge < -0.3 is 10.1 Å². The molecule has 0 unspecified atom stereocenters. The SMILES string of the molecule is COc1cccc(NC(=O)Cn2nc3cc(-c4ccncc4)nc(C)n3c2=O)c1. The van der Waals surface area contributed by atoms with Crippen molar-refractivity contribution in [1.82, 2.24) is 24.1 Å². The molecule has 0 atom stereocenters. The molecule has 3 heterocycles. The molecule has 0 bridgehead atoms. The second-order valence-corrected chi connectivity index (χ2v) is 6.34. The molecule has 9 heteroatoms. The molecule has 0 spiro atoms. The zero-order valence-electron chi connectivity index (χ0n) is 15.9. The lowest BCUT2D eigenvalue weighted by atomic mass is 10.2. The topological polar surface area (TPSA) is 103 Å². The number of nitrogens with one attached hydrogen (secondary N) is 1. The molecule has 0 saturated heterocycles. The van der Waals surface area contributed by atoms with E-state index in [1.54, 1.807) is 56.8 Å². The molecule has 0 aliphatic heterocycles. The molecule has 146 valence electrons. The van der Waals surface area contributed by atoms with Gasteiger partial charge in [-0.25, -0.2) is 18.9 Å². The van der Waals surface area contributed by atoms with Gasteiger partial charge in [0.05, 0.1) is 12.8 Å². The van der Waals surface area contributed by atoms with Gasteiger partial charge in [-0.3, -0.25) is 9.78 Å². The number of pyridine rings is 1. The predicted octanol–water partition coefficient (Wildman–Crippen LogP) is 1.91. The summed E-state index contributed by atoms with van der Waals surface area (Å²) in [5.41, 5.74) is 2.11. The van der Waals surface area contributed by atoms with Gasteiger partial charge in [-0.1, -0.05) is 6.07 Å². The number of fused-ring (bicyclic) bond motifs is 1. The summed E-state index contributed by atoms with van der Waals surface area (Å²) in [6.45, 7) is 1.50. The molecule has 0 aliphatic rings. The number of methoxy groups -OCH3 is 1. The predicted molar refractivity (Wildman–Crippen MR) is 107 cm³/mol. The van der Waals surface area contributed by atoms with E-state index in [-0.39, 0.29) is 12.5 Å². The van der Waals surface area contributed by atoms with Crippen LogP contribution in [0.25, 0.3) is 16.9 Å². The highest BCUT2D eigenvalue weighted by Crippen LogP contribution is 2.18. The summed E-state index contributed by atoms with van der Waals surface area (Å²) in [6, 6.07) is 12.3. The smallest absolute Gasteiger partial charge is 0.352 e. The minimum atomic E-state index is -0.424. The first-order valence-corrected chi connectivity index (χ1v) is 8.86. The molecule has 3 aromatic heterocycles. The van der Waals surface area contributed by atoms with Crippen molar-refractivity contribution >= 4 is 17.2 Å². The van der Waals surface area contributed by atoms with Gasteiger partial charge in [-0.05, 0) is 31.2 Å². The highest BCUT2D eigenvalue weighted by molar-refractivity contribution is 5.90. The number of hydrogen-bond acceptors (Lipinski definition) is 6. The van der Waals surface area contributed by atoms with E-state index in [1.807, 2.05) is 12.1 Å². The summed E-state index contributed by atoms with van der Waals surface area (Å²) in [6.07, 6.45) is 3.34. The molecule has 0 saturated carbocycles. The van der Waals surface area contributed by atoms with Crippen LogP contribution < -0.4 is 15.7 Å². The van der Waals surface area contributed by atoms with E-state index < -0.39 is 5.69 Å². The molecule has 9 nitrogen and oxygen atoms in total. The maximum absolute atomic E-state index is 12.7. The van der Waals surface area contributed by atoms with E-state index in [2.05, 4.69) is 20.4 Å². The third-order valence-corrected chi connectivity index (χ3v) is 4.36. The number of benzene rings is 1. The largest absolute Gasteiger partial charge is 0.497 e. The Morgan fingerprint density at radius 1 is 1.17 bits per heavy atom. The van der Waals surface area contributed by atoms with Crippen LogP contribution in [0.15, 0.2) is 59.7 Å². The maximum Gasteiger partial charge on any atom is 0.352 e. The van der Waals surface area contributed by atoms with Crippen molar-refractivity contribution in [3.05, 3.63) is 71.2 Å². The normalized spacial score (nSPS) is 10.8. The number of hydrogen-bond donors (Lipinski definition) is 1. The van der Waals surface area contributed by atoms with Gasteiger partial charge in [-0.15, -0.1) is 5.10 Å². The minimum Gasteiger partial charge on any atom is -0.497 e. The second-order valence-electron chi connectivity index (χ2n) is 6.34. The monoisotopic (exact) mass is 390 g/mol. The number of aryl methyl sites for hydroxylation is 1. The number of nitrogens with zero attached hydrogens (tertiary/aromatic N) is 5. The number of rotatable bonds is 5. The van der Waals surface area contributed by atoms with Crippen LogP contribution in [0.2, 0.25) is 0 Å². The molecule has 0 radical (unpaired) electrons. The van der Waals surface area contributed by atoms with Crippen LogP contribution in [0.1, 0.15) is 5.82 Å². The van der Waals surface area contributed by atoms with Gasteiger partial charge in [0.1, 0.15) is 18.1 Å². The molecular weight excluding hydrogens is 372 g/mol. The van der Waals surface area contributed by atoms with Crippen LogP contribution in [-0.2, 0) is 11.3 Å². The van der Waals surface area contributed by atoms with Gasteiger partial charge in [-0.2, -0.15) is 0 Å². The summed E-state index contributed by atoms with van der Waals surface area (Å²) < 4.78 is 7.64. The van der Waals surface area contributed by atoms with Crippen molar-refractivity contribution in [1.29, 1.82) is 0 Å². The Bertz CT molecular complexity index is 1250. The standard InChI is InChI=1S/C20H18N6O3/c1-13-22-17(14-6-8-21-9-7-14)11-18-24-25(20(28)26(13)18)12-19(27)23-15-4-3-5-16(10-15)29-2/h3-11H,12H2,1-2H3,(H,23,27). The highest BCUT2D eigenvalue weighted by Gasteiger charge is 2.15. The van der Waals surface area contributed by atoms with Crippen molar-refractivity contribution in [3.63, 3.8) is 0 Å². The van der Waals surface area contributed by atoms with Gasteiger partial charge in [0.25, 0.3) is 0 Å². The van der Waals surface area contributed by atoms with Crippen LogP contribution >= 0.6 is 0 Å². The van der Waals surface area contributed by atoms with Crippen molar-refractivity contribution in [2.45, 2.75) is 13.5 Å². The van der Waals surface area contributed by atoms with Gasteiger partial charge in [0, 0.05) is 35.8 Å². The summed E-state index contributed by atoms with van der Waals surface area (Å²) in [7, 11) is 1.55. The molecule has 0 aliphatic carbocycles. The zero-order valence-corrected chi connectivity index (χ0v) is 15.9.